The van der Waals surface area contributed by atoms with Gasteiger partial charge in [-0.3, -0.25) is 9.79 Å². The average Bonchev–Trinajstić information content (AvgIpc) is 3.36. The number of benzene rings is 2. The third-order valence-electron chi connectivity index (χ3n) is 5.96. The number of carbonyl (C=O) groups is 1. The number of primary amides is 1. The smallest absolute Gasteiger partial charge is 0.404 e. The van der Waals surface area contributed by atoms with Crippen molar-refractivity contribution >= 4 is 34.3 Å². The van der Waals surface area contributed by atoms with Crippen LogP contribution in [-0.2, 0) is 6.18 Å². The number of aromatic nitrogens is 3. The molecule has 4 aromatic rings. The number of rotatable bonds is 7. The van der Waals surface area contributed by atoms with Crippen molar-refractivity contribution in [3.05, 3.63) is 78.1 Å². The van der Waals surface area contributed by atoms with Crippen LogP contribution in [0.1, 0.15) is 49.4 Å². The number of alkyl halides is 3. The molecule has 0 fully saturated rings. The largest absolute Gasteiger partial charge is 0.433 e. The van der Waals surface area contributed by atoms with Crippen LogP contribution in [0.3, 0.4) is 0 Å². The molecule has 11 heteroatoms. The fraction of sp³-hybridized carbons (Fsp3) is 0.241. The van der Waals surface area contributed by atoms with E-state index in [4.69, 9.17) is 11.5 Å². The number of aliphatic imine (C=N–C) groups is 1. The molecular weight excluding hydrogens is 519 g/mol. The number of carbonyl (C=O) groups excluding carboxylic acids is 1. The van der Waals surface area contributed by atoms with Crippen LogP contribution < -0.4 is 16.8 Å². The van der Waals surface area contributed by atoms with E-state index < -0.39 is 23.3 Å². The topological polar surface area (TPSA) is 124 Å². The van der Waals surface area contributed by atoms with Crippen molar-refractivity contribution in [3.8, 4) is 16.8 Å². The molecule has 0 saturated carbocycles. The number of pyridine rings is 1. The molecule has 208 valence electrons. The first-order valence-electron chi connectivity index (χ1n) is 12.5. The number of nitrogens with one attached hydrogen (secondary N) is 1. The zero-order valence-electron chi connectivity index (χ0n) is 22.5. The number of fused-ring (bicyclic) bond motifs is 1. The second-order valence-corrected chi connectivity index (χ2v) is 10.1. The maximum Gasteiger partial charge on any atom is 0.433 e. The van der Waals surface area contributed by atoms with E-state index in [2.05, 4.69) is 20.3 Å². The number of para-hydroxylation sites is 1. The zero-order chi connectivity index (χ0) is 29.2. The van der Waals surface area contributed by atoms with Gasteiger partial charge in [-0.25, -0.2) is 9.97 Å². The van der Waals surface area contributed by atoms with Crippen LogP contribution in [0, 0.1) is 0 Å². The van der Waals surface area contributed by atoms with Crippen LogP contribution in [-0.4, -0.2) is 38.7 Å². The lowest BCUT2D eigenvalue weighted by atomic mass is 9.96. The molecule has 2 heterocycles. The first kappa shape index (κ1) is 28.3. The number of hydrogen-bond donors (Lipinski definition) is 3. The molecule has 5 N–H and O–H groups in total. The minimum absolute atomic E-state index is 0.126. The summed E-state index contributed by atoms with van der Waals surface area (Å²) in [5.41, 5.74) is 12.8. The maximum atomic E-state index is 14.1. The van der Waals surface area contributed by atoms with E-state index in [-0.39, 0.29) is 11.1 Å². The van der Waals surface area contributed by atoms with Crippen molar-refractivity contribution in [2.24, 2.45) is 16.5 Å². The summed E-state index contributed by atoms with van der Waals surface area (Å²) >= 11 is 0. The van der Waals surface area contributed by atoms with Crippen LogP contribution in [0.2, 0.25) is 0 Å². The highest BCUT2D eigenvalue weighted by atomic mass is 19.4. The van der Waals surface area contributed by atoms with Gasteiger partial charge < -0.3 is 21.4 Å². The van der Waals surface area contributed by atoms with Crippen LogP contribution in [0.4, 0.5) is 18.9 Å². The highest BCUT2D eigenvalue weighted by Crippen LogP contribution is 2.38. The first-order chi connectivity index (χ1) is 18.8. The number of nitrogens with two attached hydrogens (primary N) is 2. The van der Waals surface area contributed by atoms with Gasteiger partial charge in [0.05, 0.1) is 28.8 Å². The average molecular weight is 550 g/mol. The lowest BCUT2D eigenvalue weighted by Crippen LogP contribution is -2.28. The summed E-state index contributed by atoms with van der Waals surface area (Å²) in [7, 11) is 0. The lowest BCUT2D eigenvalue weighted by molar-refractivity contribution is -0.140. The third kappa shape index (κ3) is 5.98. The van der Waals surface area contributed by atoms with Crippen molar-refractivity contribution in [1.82, 2.24) is 14.5 Å². The monoisotopic (exact) mass is 549 g/mol. The number of halogens is 3. The van der Waals surface area contributed by atoms with E-state index in [0.29, 0.717) is 45.7 Å². The Labute approximate surface area is 229 Å². The summed E-state index contributed by atoms with van der Waals surface area (Å²) in [6.07, 6.45) is 1.40. The highest BCUT2D eigenvalue weighted by Gasteiger charge is 2.34. The van der Waals surface area contributed by atoms with E-state index in [1.807, 2.05) is 27.7 Å². The van der Waals surface area contributed by atoms with Gasteiger partial charge in [-0.1, -0.05) is 18.2 Å². The molecule has 4 rings (SSSR count). The van der Waals surface area contributed by atoms with Crippen LogP contribution in [0.15, 0.2) is 66.2 Å². The Hall–Kier alpha value is -4.67. The fourth-order valence-corrected chi connectivity index (χ4v) is 4.25. The number of imidazole rings is 1. The van der Waals surface area contributed by atoms with E-state index >= 15 is 0 Å². The molecule has 0 aliphatic rings. The van der Waals surface area contributed by atoms with Crippen molar-refractivity contribution in [3.63, 3.8) is 0 Å². The molecule has 0 atom stereocenters. The van der Waals surface area contributed by atoms with Gasteiger partial charge in [0.2, 0.25) is 0 Å². The van der Waals surface area contributed by atoms with Crippen molar-refractivity contribution in [1.29, 1.82) is 0 Å². The molecule has 0 aliphatic heterocycles. The van der Waals surface area contributed by atoms with Crippen LogP contribution in [0.25, 0.3) is 33.3 Å². The Morgan fingerprint density at radius 2 is 1.90 bits per heavy atom. The van der Waals surface area contributed by atoms with Gasteiger partial charge in [0.25, 0.3) is 5.91 Å². The fourth-order valence-electron chi connectivity index (χ4n) is 4.25. The van der Waals surface area contributed by atoms with Gasteiger partial charge in [-0.15, -0.1) is 0 Å². The minimum atomic E-state index is -4.71. The summed E-state index contributed by atoms with van der Waals surface area (Å²) in [6, 6.07) is 10.8. The van der Waals surface area contributed by atoms with Gasteiger partial charge in [0.15, 0.2) is 0 Å². The van der Waals surface area contributed by atoms with Crippen LogP contribution in [0.5, 0.6) is 0 Å². The Morgan fingerprint density at radius 1 is 1.15 bits per heavy atom. The predicted molar refractivity (Wildman–Crippen MR) is 152 cm³/mol. The molecular formula is C29H30F3N7O. The highest BCUT2D eigenvalue weighted by molar-refractivity contribution is 6.09. The first-order valence-corrected chi connectivity index (χ1v) is 12.5. The molecule has 0 unspecified atom stereocenters. The molecule has 2 aromatic heterocycles. The van der Waals surface area contributed by atoms with E-state index in [1.165, 1.54) is 18.6 Å². The van der Waals surface area contributed by atoms with Gasteiger partial charge in [-0.2, -0.15) is 13.2 Å². The van der Waals surface area contributed by atoms with E-state index in [0.717, 1.165) is 6.07 Å². The van der Waals surface area contributed by atoms with E-state index in [9.17, 15) is 18.0 Å². The molecule has 0 bridgehead atoms. The molecule has 2 aromatic carbocycles. The Morgan fingerprint density at radius 3 is 2.52 bits per heavy atom. The van der Waals surface area contributed by atoms with Crippen molar-refractivity contribution < 1.29 is 18.0 Å². The molecule has 1 amide bonds. The summed E-state index contributed by atoms with van der Waals surface area (Å²) in [6.45, 7) is 8.14. The van der Waals surface area contributed by atoms with Gasteiger partial charge in [0.1, 0.15) is 5.69 Å². The maximum absolute atomic E-state index is 14.1. The summed E-state index contributed by atoms with van der Waals surface area (Å²) in [5, 5.41) is 3.71. The lowest BCUT2D eigenvalue weighted by Gasteiger charge is -2.24. The van der Waals surface area contributed by atoms with Gasteiger partial charge in [-0.05, 0) is 63.1 Å². The normalized spacial score (nSPS) is 12.8. The Balaban J connectivity index is 1.96. The predicted octanol–water partition coefficient (Wildman–Crippen LogP) is 5.81. The SMILES string of the molecule is CCN=CC(=CN)c1cn(-c2cccc3c(-c4ccc(C(N)=O)c(NC(C)(C)C)c4)cc(C(F)(F)F)nc23)cn1. The quantitative estimate of drug-likeness (QED) is 0.251. The second kappa shape index (κ2) is 10.8. The Bertz CT molecular complexity index is 1630. The second-order valence-electron chi connectivity index (χ2n) is 10.1. The molecule has 0 aliphatic carbocycles. The van der Waals surface area contributed by atoms with Crippen molar-refractivity contribution in [2.45, 2.75) is 39.4 Å². The molecule has 0 saturated heterocycles. The molecule has 0 spiro atoms. The summed E-state index contributed by atoms with van der Waals surface area (Å²) in [5.74, 6) is -0.651. The van der Waals surface area contributed by atoms with Crippen LogP contribution >= 0.6 is 0 Å². The summed E-state index contributed by atoms with van der Waals surface area (Å²) in [4.78, 5) is 24.7. The standard InChI is InChI=1S/C29H30F3N7O/c1-5-35-14-18(13-33)23-15-39(16-36-23)24-8-6-7-19-21(12-25(29(30,31)32)37-26(19)24)17-9-10-20(27(34)40)22(11-17)38-28(2,3)4/h6-16,38H,5,33H2,1-4H3,(H2,34,40). The number of nitrogens with zero attached hydrogens (tertiary/aromatic N) is 4. The summed E-state index contributed by atoms with van der Waals surface area (Å²) < 4.78 is 43.9. The molecule has 8 nitrogen and oxygen atoms in total. The molecule has 0 radical (unpaired) electrons. The Kier molecular flexibility index (Phi) is 7.68. The third-order valence-corrected chi connectivity index (χ3v) is 5.96. The van der Waals surface area contributed by atoms with Gasteiger partial charge in [0, 0.05) is 47.3 Å². The van der Waals surface area contributed by atoms with E-state index in [1.54, 1.807) is 47.3 Å². The molecule has 40 heavy (non-hydrogen) atoms. The number of amides is 1. The van der Waals surface area contributed by atoms with Crippen molar-refractivity contribution in [2.75, 3.05) is 11.9 Å². The minimum Gasteiger partial charge on any atom is -0.404 e. The van der Waals surface area contributed by atoms with Gasteiger partial charge >= 0.3 is 6.18 Å². The number of hydrogen-bond acceptors (Lipinski definition) is 6. The number of allylic oxidation sites excluding steroid dienone is 1. The number of anilines is 1. The zero-order valence-corrected chi connectivity index (χ0v) is 22.5.